The number of fused-ring (bicyclic) bond motifs is 1. The lowest BCUT2D eigenvalue weighted by molar-refractivity contribution is 0.0980. The lowest BCUT2D eigenvalue weighted by Crippen LogP contribution is -2.50. The van der Waals surface area contributed by atoms with E-state index in [1.165, 1.54) is 16.4 Å². The quantitative estimate of drug-likeness (QED) is 0.149. The Balaban J connectivity index is 1.93. The van der Waals surface area contributed by atoms with Gasteiger partial charge in [0.15, 0.2) is 5.88 Å². The Morgan fingerprint density at radius 1 is 1.15 bits per heavy atom. The second kappa shape index (κ2) is 13.6. The molecule has 0 bridgehead atoms. The van der Waals surface area contributed by atoms with E-state index in [9.17, 15) is 28.5 Å². The van der Waals surface area contributed by atoms with Crippen LogP contribution in [0.5, 0.6) is 5.88 Å². The number of aliphatic hydroxyl groups excluding tert-OH is 1. The zero-order valence-corrected chi connectivity index (χ0v) is 23.4. The van der Waals surface area contributed by atoms with Crippen LogP contribution in [0.4, 0.5) is 4.79 Å². The van der Waals surface area contributed by atoms with E-state index in [2.05, 4.69) is 22.2 Å². The van der Waals surface area contributed by atoms with Crippen LogP contribution in [0.3, 0.4) is 0 Å². The van der Waals surface area contributed by atoms with Crippen molar-refractivity contribution >= 4 is 33.2 Å². The van der Waals surface area contributed by atoms with E-state index < -0.39 is 28.3 Å². The molecule has 1 amide bonds. The Labute approximate surface area is 229 Å². The van der Waals surface area contributed by atoms with Crippen LogP contribution in [0, 0.1) is 5.92 Å². The summed E-state index contributed by atoms with van der Waals surface area (Å²) in [5.74, 6) is -0.161. The molecule has 1 aromatic heterocycles. The maximum atomic E-state index is 13.8. The number of sulfonamides is 1. The maximum Gasteiger partial charge on any atom is 0.404 e. The maximum absolute atomic E-state index is 13.8. The van der Waals surface area contributed by atoms with Crippen molar-refractivity contribution in [2.24, 2.45) is 10.9 Å². The third-order valence-corrected chi connectivity index (χ3v) is 8.15. The highest BCUT2D eigenvalue weighted by Gasteiger charge is 2.31. The van der Waals surface area contributed by atoms with E-state index in [4.69, 9.17) is 0 Å². The first-order valence-corrected chi connectivity index (χ1v) is 14.5. The number of aromatic hydroxyl groups is 1. The number of hydrogen-bond donors (Lipinski definition) is 5. The number of nitrogens with one attached hydrogen (secondary N) is 2. The van der Waals surface area contributed by atoms with Crippen LogP contribution in [0.1, 0.15) is 44.7 Å². The number of unbranched alkanes of at least 4 members (excludes halogenated alkanes) is 1. The number of carboxylic acid groups (broad SMARTS) is 1. The molecule has 0 saturated carbocycles. The normalized spacial score (nSPS) is 13.9. The molecular weight excluding hydrogens is 520 g/mol. The van der Waals surface area contributed by atoms with Gasteiger partial charge in [-0.3, -0.25) is 4.99 Å². The van der Waals surface area contributed by atoms with Gasteiger partial charge in [-0.05, 0) is 42.5 Å². The average molecular weight is 559 g/mol. The fourth-order valence-electron chi connectivity index (χ4n) is 4.35. The molecule has 0 radical (unpaired) electrons. The number of aliphatic hydroxyl groups is 1. The summed E-state index contributed by atoms with van der Waals surface area (Å²) in [5, 5.41) is 33.7. The Bertz CT molecular complexity index is 1370. The number of carbonyl (C=O) groups is 1. The summed E-state index contributed by atoms with van der Waals surface area (Å²) < 4.78 is 28.9. The lowest BCUT2D eigenvalue weighted by atomic mass is 10.0. The fourth-order valence-corrected chi connectivity index (χ4v) is 6.00. The summed E-state index contributed by atoms with van der Waals surface area (Å²) in [6.45, 7) is 6.19. The number of aromatic amines is 1. The van der Waals surface area contributed by atoms with Gasteiger partial charge in [0, 0.05) is 36.8 Å². The summed E-state index contributed by atoms with van der Waals surface area (Å²) >= 11 is 0. The van der Waals surface area contributed by atoms with Gasteiger partial charge in [0.2, 0.25) is 10.0 Å². The van der Waals surface area contributed by atoms with Crippen LogP contribution in [-0.4, -0.2) is 77.1 Å². The van der Waals surface area contributed by atoms with Crippen molar-refractivity contribution in [3.63, 3.8) is 0 Å². The topological polar surface area (TPSA) is 155 Å². The van der Waals surface area contributed by atoms with E-state index >= 15 is 0 Å². The average Bonchev–Trinajstić information content (AvgIpc) is 3.20. The van der Waals surface area contributed by atoms with Crippen molar-refractivity contribution in [3.8, 4) is 5.88 Å². The first-order valence-electron chi connectivity index (χ1n) is 13.1. The Hall–Kier alpha value is -3.41. The number of amides is 1. The van der Waals surface area contributed by atoms with Gasteiger partial charge in [0.1, 0.15) is 0 Å². The summed E-state index contributed by atoms with van der Waals surface area (Å²) in [4.78, 5) is 18.7. The molecule has 0 saturated heterocycles. The largest absolute Gasteiger partial charge is 0.494 e. The van der Waals surface area contributed by atoms with E-state index in [-0.39, 0.29) is 36.2 Å². The molecule has 5 N–H and O–H groups in total. The van der Waals surface area contributed by atoms with E-state index in [1.807, 2.05) is 44.2 Å². The summed E-state index contributed by atoms with van der Waals surface area (Å²) in [6, 6.07) is 12.7. The van der Waals surface area contributed by atoms with Crippen molar-refractivity contribution in [3.05, 3.63) is 59.7 Å². The lowest BCUT2D eigenvalue weighted by Gasteiger charge is -2.30. The Kier molecular flexibility index (Phi) is 10.5. The molecule has 2 aromatic carbocycles. The third kappa shape index (κ3) is 8.04. The molecule has 2 unspecified atom stereocenters. The zero-order valence-electron chi connectivity index (χ0n) is 22.5. The van der Waals surface area contributed by atoms with Gasteiger partial charge >= 0.3 is 6.09 Å². The van der Waals surface area contributed by atoms with Crippen molar-refractivity contribution in [1.29, 1.82) is 0 Å². The van der Waals surface area contributed by atoms with Crippen LogP contribution in [0.2, 0.25) is 0 Å². The van der Waals surface area contributed by atoms with Gasteiger partial charge in [-0.15, -0.1) is 0 Å². The van der Waals surface area contributed by atoms with Gasteiger partial charge in [-0.1, -0.05) is 57.5 Å². The molecule has 11 heteroatoms. The molecule has 0 aliphatic rings. The number of rotatable bonds is 14. The zero-order chi connectivity index (χ0) is 28.6. The van der Waals surface area contributed by atoms with Gasteiger partial charge in [0.25, 0.3) is 0 Å². The number of aliphatic imine (C=N–C) groups is 1. The van der Waals surface area contributed by atoms with Gasteiger partial charge < -0.3 is 25.6 Å². The number of nitrogens with zero attached hydrogens (tertiary/aromatic N) is 2. The molecule has 0 fully saturated rings. The fraction of sp³-hybridized carbons (Fsp3) is 0.429. The third-order valence-electron chi connectivity index (χ3n) is 6.32. The second-order valence-electron chi connectivity index (χ2n) is 10.0. The molecule has 0 aliphatic carbocycles. The first-order chi connectivity index (χ1) is 18.5. The van der Waals surface area contributed by atoms with Gasteiger partial charge in [-0.2, -0.15) is 4.31 Å². The molecule has 3 rings (SSSR count). The molecule has 0 spiro atoms. The van der Waals surface area contributed by atoms with Gasteiger partial charge in [0.05, 0.1) is 22.6 Å². The Morgan fingerprint density at radius 2 is 1.87 bits per heavy atom. The van der Waals surface area contributed by atoms with Crippen molar-refractivity contribution < 1.29 is 28.5 Å². The SMILES string of the molecule is CCCCN=Cc1c(O)[nH]c2ccc(S(=O)(=O)N(CC(C)C)CC(O)C(Cc3ccccc3)NC(=O)O)cc12. The van der Waals surface area contributed by atoms with Crippen molar-refractivity contribution in [2.45, 2.75) is 57.1 Å². The second-order valence-corrected chi connectivity index (χ2v) is 12.0. The van der Waals surface area contributed by atoms with Crippen LogP contribution in [0.25, 0.3) is 10.9 Å². The van der Waals surface area contributed by atoms with Crippen LogP contribution in [0.15, 0.2) is 58.4 Å². The standard InChI is InChI=1S/C28H38N4O6S/c1-4-5-13-29-16-23-22-15-21(11-12-24(22)30-27(23)34)39(37,38)32(17-19(2)3)18-26(33)25(31-28(35)36)14-20-9-7-6-8-10-20/h6-12,15-16,19,25-26,30-31,33-34H,4-5,13-14,17-18H2,1-3H3,(H,35,36). The molecule has 10 nitrogen and oxygen atoms in total. The predicted octanol–water partition coefficient (Wildman–Crippen LogP) is 3.98. The van der Waals surface area contributed by atoms with Crippen molar-refractivity contribution in [1.82, 2.24) is 14.6 Å². The Morgan fingerprint density at radius 3 is 2.51 bits per heavy atom. The van der Waals surface area contributed by atoms with Crippen LogP contribution >= 0.6 is 0 Å². The molecular formula is C28H38N4O6S. The minimum absolute atomic E-state index is 0.00383. The molecule has 1 heterocycles. The van der Waals surface area contributed by atoms with Crippen molar-refractivity contribution in [2.75, 3.05) is 19.6 Å². The first kappa shape index (κ1) is 30.1. The number of hydrogen-bond acceptors (Lipinski definition) is 6. The summed E-state index contributed by atoms with van der Waals surface area (Å²) in [6.07, 6.45) is 0.995. The molecule has 0 aliphatic heterocycles. The molecule has 39 heavy (non-hydrogen) atoms. The minimum atomic E-state index is -4.10. The van der Waals surface area contributed by atoms with E-state index in [0.717, 1.165) is 18.4 Å². The summed E-state index contributed by atoms with van der Waals surface area (Å²) in [5.41, 5.74) is 1.77. The minimum Gasteiger partial charge on any atom is -0.494 e. The van der Waals surface area contributed by atoms with Crippen LogP contribution in [-0.2, 0) is 16.4 Å². The highest BCUT2D eigenvalue weighted by atomic mass is 32.2. The number of aromatic nitrogens is 1. The number of benzene rings is 2. The van der Waals surface area contributed by atoms with Gasteiger partial charge in [-0.25, -0.2) is 13.2 Å². The summed E-state index contributed by atoms with van der Waals surface area (Å²) in [7, 11) is -4.10. The molecule has 3 aromatic rings. The highest BCUT2D eigenvalue weighted by molar-refractivity contribution is 7.89. The number of H-pyrrole nitrogens is 1. The van der Waals surface area contributed by atoms with Crippen LogP contribution < -0.4 is 5.32 Å². The molecule has 2 atom stereocenters. The van der Waals surface area contributed by atoms with E-state index in [0.29, 0.717) is 23.0 Å². The highest BCUT2D eigenvalue weighted by Crippen LogP contribution is 2.29. The predicted molar refractivity (Wildman–Crippen MR) is 152 cm³/mol. The molecule has 212 valence electrons. The monoisotopic (exact) mass is 558 g/mol. The smallest absolute Gasteiger partial charge is 0.404 e. The van der Waals surface area contributed by atoms with E-state index in [1.54, 1.807) is 12.3 Å².